The third-order valence-corrected chi connectivity index (χ3v) is 6.64. The van der Waals surface area contributed by atoms with Gasteiger partial charge in [0.05, 0.1) is 11.5 Å². The summed E-state index contributed by atoms with van der Waals surface area (Å²) in [4.78, 5) is 12.5. The van der Waals surface area contributed by atoms with Gasteiger partial charge in [0, 0.05) is 10.6 Å². The van der Waals surface area contributed by atoms with Crippen LogP contribution in [0.15, 0.2) is 64.4 Å². The van der Waals surface area contributed by atoms with Crippen molar-refractivity contribution in [2.24, 2.45) is 0 Å². The van der Waals surface area contributed by atoms with Gasteiger partial charge >= 0.3 is 12.1 Å². The lowest BCUT2D eigenvalue weighted by Crippen LogP contribution is -2.66. The second-order valence-electron chi connectivity index (χ2n) is 6.14. The smallest absolute Gasteiger partial charge is 0.419 e. The average molecular weight is 448 g/mol. The Morgan fingerprint density at radius 2 is 1.66 bits per heavy atom. The van der Waals surface area contributed by atoms with Crippen molar-refractivity contribution >= 4 is 27.8 Å². The van der Waals surface area contributed by atoms with E-state index in [2.05, 4.69) is 4.74 Å². The monoisotopic (exact) mass is 447 g/mol. The van der Waals surface area contributed by atoms with E-state index in [0.29, 0.717) is 16.7 Å². The molecule has 0 heterocycles. The molecule has 0 bridgehead atoms. The summed E-state index contributed by atoms with van der Waals surface area (Å²) in [6.45, 7) is 2.72. The van der Waals surface area contributed by atoms with Crippen molar-refractivity contribution in [3.05, 3.63) is 60.2 Å². The number of thioether (sulfide) groups is 1. The van der Waals surface area contributed by atoms with Crippen LogP contribution >= 0.6 is 11.8 Å². The zero-order valence-corrected chi connectivity index (χ0v) is 17.3. The Kier molecular flexibility index (Phi) is 7.36. The molecule has 0 saturated heterocycles. The summed E-state index contributed by atoms with van der Waals surface area (Å²) in [5.41, 5.74) is -2.72. The maximum Gasteiger partial charge on any atom is 0.419 e. The highest BCUT2D eigenvalue weighted by molar-refractivity contribution is 7.99. The average Bonchev–Trinajstić information content (AvgIpc) is 2.65. The van der Waals surface area contributed by atoms with Crippen molar-refractivity contribution in [2.75, 3.05) is 12.4 Å². The van der Waals surface area contributed by atoms with E-state index < -0.39 is 33.5 Å². The van der Waals surface area contributed by atoms with Gasteiger partial charge in [-0.05, 0) is 38.1 Å². The number of nitrogens with one attached hydrogen (secondary N) is 1. The summed E-state index contributed by atoms with van der Waals surface area (Å²) in [5.74, 6) is -2.63. The van der Waals surface area contributed by atoms with Gasteiger partial charge in [0.2, 0.25) is 15.6 Å². The lowest BCUT2D eigenvalue weighted by atomic mass is 10.0. The molecule has 0 amide bonds. The molecule has 2 rings (SSSR count). The molecule has 0 spiro atoms. The van der Waals surface area contributed by atoms with Crippen molar-refractivity contribution in [1.82, 2.24) is 4.72 Å². The molecule has 1 N–H and O–H groups in total. The zero-order valence-electron chi connectivity index (χ0n) is 15.7. The summed E-state index contributed by atoms with van der Waals surface area (Å²) in [6, 6.07) is 13.3. The molecule has 0 saturated carbocycles. The molecule has 0 aliphatic heterocycles. The minimum atomic E-state index is -5.24. The normalized spacial score (nSPS) is 14.2. The molecule has 29 heavy (non-hydrogen) atoms. The van der Waals surface area contributed by atoms with Gasteiger partial charge in [0.1, 0.15) is 0 Å². The van der Waals surface area contributed by atoms with E-state index in [-0.39, 0.29) is 11.5 Å². The van der Waals surface area contributed by atoms with Crippen molar-refractivity contribution < 1.29 is 31.1 Å². The summed E-state index contributed by atoms with van der Waals surface area (Å²) >= 11 is 0.699. The van der Waals surface area contributed by atoms with Gasteiger partial charge in [-0.2, -0.15) is 17.9 Å². The fourth-order valence-electron chi connectivity index (χ4n) is 2.35. The van der Waals surface area contributed by atoms with E-state index in [1.807, 2.05) is 0 Å². The van der Waals surface area contributed by atoms with Gasteiger partial charge in [-0.3, -0.25) is 0 Å². The fraction of sp³-hybridized carbons (Fsp3) is 0.316. The maximum absolute atomic E-state index is 14.1. The molecule has 10 heteroatoms. The van der Waals surface area contributed by atoms with E-state index in [1.165, 1.54) is 31.2 Å². The van der Waals surface area contributed by atoms with Crippen molar-refractivity contribution in [2.45, 2.75) is 35.4 Å². The Hall–Kier alpha value is -2.04. The summed E-state index contributed by atoms with van der Waals surface area (Å²) in [6.07, 6.45) is -5.24. The molecule has 2 aromatic rings. The molecular formula is C19H20F3NO4S2. The van der Waals surface area contributed by atoms with Gasteiger partial charge < -0.3 is 4.74 Å². The number of esters is 1. The number of hydrogen-bond donors (Lipinski definition) is 1. The highest BCUT2D eigenvalue weighted by atomic mass is 32.2. The first-order valence-electron chi connectivity index (χ1n) is 8.54. The predicted molar refractivity (Wildman–Crippen MR) is 104 cm³/mol. The number of carbonyl (C=O) groups excluding carboxylic acids is 1. The van der Waals surface area contributed by atoms with Gasteiger partial charge in [0.15, 0.2) is 0 Å². The number of carbonyl (C=O) groups is 1. The van der Waals surface area contributed by atoms with Crippen molar-refractivity contribution in [1.29, 1.82) is 0 Å². The van der Waals surface area contributed by atoms with Gasteiger partial charge in [-0.25, -0.2) is 13.2 Å². The van der Waals surface area contributed by atoms with Crippen LogP contribution < -0.4 is 4.72 Å². The molecule has 0 aliphatic rings. The number of hydrogen-bond acceptors (Lipinski definition) is 5. The minimum absolute atomic E-state index is 0.334. The van der Waals surface area contributed by atoms with Crippen LogP contribution in [0.5, 0.6) is 0 Å². The third kappa shape index (κ3) is 5.52. The quantitative estimate of drug-likeness (QED) is 0.490. The summed E-state index contributed by atoms with van der Waals surface area (Å²) in [5, 5.41) is 0. The van der Waals surface area contributed by atoms with E-state index in [0.717, 1.165) is 5.56 Å². The van der Waals surface area contributed by atoms with Crippen LogP contribution in [0, 0.1) is 6.92 Å². The van der Waals surface area contributed by atoms with Crippen LogP contribution in [-0.2, 0) is 19.6 Å². The number of ether oxygens (including phenoxy) is 1. The van der Waals surface area contributed by atoms with E-state index >= 15 is 0 Å². The summed E-state index contributed by atoms with van der Waals surface area (Å²) in [7, 11) is -4.67. The molecule has 0 unspecified atom stereocenters. The first kappa shape index (κ1) is 23.2. The van der Waals surface area contributed by atoms with Crippen LogP contribution in [-0.4, -0.2) is 38.5 Å². The van der Waals surface area contributed by atoms with E-state index in [4.69, 9.17) is 0 Å². The second-order valence-corrected chi connectivity index (χ2v) is 8.87. The van der Waals surface area contributed by atoms with Crippen LogP contribution in [0.1, 0.15) is 12.5 Å². The van der Waals surface area contributed by atoms with Crippen LogP contribution in [0.2, 0.25) is 0 Å². The minimum Gasteiger partial charge on any atom is -0.464 e. The molecule has 0 fully saturated rings. The van der Waals surface area contributed by atoms with Crippen LogP contribution in [0.3, 0.4) is 0 Å². The summed E-state index contributed by atoms with van der Waals surface area (Å²) < 4.78 is 74.0. The van der Waals surface area contributed by atoms with Crippen molar-refractivity contribution in [3.63, 3.8) is 0 Å². The SMILES string of the molecule is CCOC(=O)[C@](CSc1ccccc1)(NS(=O)(=O)c1ccc(C)cc1)C(F)(F)F. The molecule has 0 radical (unpaired) electrons. The number of aryl methyl sites for hydroxylation is 1. The number of alkyl halides is 3. The largest absolute Gasteiger partial charge is 0.464 e. The fourth-order valence-corrected chi connectivity index (χ4v) is 4.87. The molecule has 5 nitrogen and oxygen atoms in total. The maximum atomic E-state index is 14.1. The van der Waals surface area contributed by atoms with Crippen LogP contribution in [0.25, 0.3) is 0 Å². The Morgan fingerprint density at radius 3 is 2.17 bits per heavy atom. The Morgan fingerprint density at radius 1 is 1.07 bits per heavy atom. The van der Waals surface area contributed by atoms with Gasteiger partial charge in [-0.1, -0.05) is 35.9 Å². The topological polar surface area (TPSA) is 72.5 Å². The molecular weight excluding hydrogens is 427 g/mol. The lowest BCUT2D eigenvalue weighted by Gasteiger charge is -2.33. The predicted octanol–water partition coefficient (Wildman–Crippen LogP) is 3.93. The number of sulfonamides is 1. The molecule has 0 aliphatic carbocycles. The Balaban J connectivity index is 2.48. The zero-order chi connectivity index (χ0) is 21.7. The lowest BCUT2D eigenvalue weighted by molar-refractivity contribution is -0.204. The molecule has 2 aromatic carbocycles. The number of rotatable bonds is 8. The first-order chi connectivity index (χ1) is 13.5. The third-order valence-electron chi connectivity index (χ3n) is 3.95. The van der Waals surface area contributed by atoms with Crippen LogP contribution in [0.4, 0.5) is 13.2 Å². The molecule has 1 atom stereocenters. The van der Waals surface area contributed by atoms with E-state index in [9.17, 15) is 26.4 Å². The molecule has 158 valence electrons. The highest BCUT2D eigenvalue weighted by Gasteiger charge is 2.63. The number of halogens is 3. The Bertz CT molecular complexity index is 932. The Labute approximate surface area is 171 Å². The second kappa shape index (κ2) is 9.19. The van der Waals surface area contributed by atoms with Crippen molar-refractivity contribution in [3.8, 4) is 0 Å². The number of benzene rings is 2. The standard InChI is InChI=1S/C19H20F3NO4S2/c1-3-27-17(24)18(19(20,21)22,13-28-15-7-5-4-6-8-15)23-29(25,26)16-11-9-14(2)10-12-16/h4-12,23H,3,13H2,1-2H3/t18-/m0/s1. The van der Waals surface area contributed by atoms with Gasteiger partial charge in [0.25, 0.3) is 0 Å². The van der Waals surface area contributed by atoms with E-state index in [1.54, 1.807) is 42.0 Å². The molecule has 0 aromatic heterocycles. The van der Waals surface area contributed by atoms with Gasteiger partial charge in [-0.15, -0.1) is 11.8 Å². The first-order valence-corrected chi connectivity index (χ1v) is 11.0. The highest BCUT2D eigenvalue weighted by Crippen LogP contribution is 2.37.